The van der Waals surface area contributed by atoms with Crippen LogP contribution in [0.25, 0.3) is 0 Å². The predicted octanol–water partition coefficient (Wildman–Crippen LogP) is 0.917. The van der Waals surface area contributed by atoms with Crippen LogP contribution in [0, 0.1) is 11.3 Å². The number of carbonyl (C=O) groups is 3. The summed E-state index contributed by atoms with van der Waals surface area (Å²) in [4.78, 5) is 33.6. The van der Waals surface area contributed by atoms with Gasteiger partial charge >= 0.3 is 5.97 Å². The highest BCUT2D eigenvalue weighted by molar-refractivity contribution is 5.87. The van der Waals surface area contributed by atoms with Gasteiger partial charge in [-0.15, -0.1) is 0 Å². The summed E-state index contributed by atoms with van der Waals surface area (Å²) in [6.07, 6.45) is 1.68. The number of ether oxygens (including phenoxy) is 1. The van der Waals surface area contributed by atoms with Crippen LogP contribution < -0.4 is 5.32 Å². The Hall–Kier alpha value is -1.39. The number of methoxy groups -OCH3 is 1. The van der Waals surface area contributed by atoms with Crippen molar-refractivity contribution in [1.82, 2.24) is 5.32 Å². The molecule has 5 nitrogen and oxygen atoms in total. The van der Waals surface area contributed by atoms with Gasteiger partial charge < -0.3 is 14.8 Å². The van der Waals surface area contributed by atoms with Crippen LogP contribution >= 0.6 is 0 Å². The standard InChI is InChI=1S/C12H21NO4/c1-5-9(2)12(3,6-7-14)11(16)13-8-10(15)17-4/h7,9H,5-6,8H2,1-4H3,(H,13,16)/t9?,12-/m1/s1. The Labute approximate surface area is 102 Å². The summed E-state index contributed by atoms with van der Waals surface area (Å²) in [5.41, 5.74) is -0.773. The first kappa shape index (κ1) is 15.6. The summed E-state index contributed by atoms with van der Waals surface area (Å²) in [6.45, 7) is 5.45. The molecule has 0 aliphatic heterocycles. The minimum Gasteiger partial charge on any atom is -0.468 e. The third-order valence-electron chi connectivity index (χ3n) is 3.35. The van der Waals surface area contributed by atoms with Crippen LogP contribution in [0.1, 0.15) is 33.6 Å². The molecule has 0 saturated carbocycles. The molecule has 0 saturated heterocycles. The van der Waals surface area contributed by atoms with E-state index in [1.807, 2.05) is 13.8 Å². The molecule has 0 bridgehead atoms. The maximum atomic E-state index is 12.0. The molecule has 0 aliphatic carbocycles. The number of hydrogen-bond acceptors (Lipinski definition) is 4. The smallest absolute Gasteiger partial charge is 0.325 e. The van der Waals surface area contributed by atoms with Crippen LogP contribution in [0.5, 0.6) is 0 Å². The summed E-state index contributed by atoms with van der Waals surface area (Å²) >= 11 is 0. The first-order chi connectivity index (χ1) is 7.92. The largest absolute Gasteiger partial charge is 0.468 e. The van der Waals surface area contributed by atoms with Crippen molar-refractivity contribution in [3.8, 4) is 0 Å². The third-order valence-corrected chi connectivity index (χ3v) is 3.35. The molecule has 0 aromatic heterocycles. The molecule has 0 aromatic carbocycles. The minimum absolute atomic E-state index is 0.0605. The Morgan fingerprint density at radius 3 is 2.47 bits per heavy atom. The van der Waals surface area contributed by atoms with Crippen LogP contribution in [-0.4, -0.2) is 31.8 Å². The molecule has 0 rings (SSSR count). The highest BCUT2D eigenvalue weighted by Crippen LogP contribution is 2.32. The molecule has 0 radical (unpaired) electrons. The van der Waals surface area contributed by atoms with Gasteiger partial charge in [0, 0.05) is 6.42 Å². The molecule has 5 heteroatoms. The fourth-order valence-electron chi connectivity index (χ4n) is 1.57. The predicted molar refractivity (Wildman–Crippen MR) is 63.3 cm³/mol. The monoisotopic (exact) mass is 243 g/mol. The highest BCUT2D eigenvalue weighted by Gasteiger charge is 2.37. The Morgan fingerprint density at radius 2 is 2.06 bits per heavy atom. The number of carbonyl (C=O) groups excluding carboxylic acids is 3. The highest BCUT2D eigenvalue weighted by atomic mass is 16.5. The number of rotatable bonds is 7. The second kappa shape index (κ2) is 7.04. The average Bonchev–Trinajstić information content (AvgIpc) is 2.34. The zero-order valence-electron chi connectivity index (χ0n) is 10.9. The van der Waals surface area contributed by atoms with Gasteiger partial charge in [0.15, 0.2) is 0 Å². The van der Waals surface area contributed by atoms with Crippen molar-refractivity contribution in [2.75, 3.05) is 13.7 Å². The summed E-state index contributed by atoms with van der Waals surface area (Å²) in [5.74, 6) is -0.731. The normalized spacial score (nSPS) is 15.5. The van der Waals surface area contributed by atoms with E-state index in [1.165, 1.54) is 7.11 Å². The van der Waals surface area contributed by atoms with E-state index in [0.717, 1.165) is 12.7 Å². The van der Waals surface area contributed by atoms with Crippen LogP contribution in [0.3, 0.4) is 0 Å². The summed E-state index contributed by atoms with van der Waals surface area (Å²) in [6, 6.07) is 0. The lowest BCUT2D eigenvalue weighted by Crippen LogP contribution is -2.45. The van der Waals surface area contributed by atoms with Gasteiger partial charge in [-0.3, -0.25) is 9.59 Å². The lowest BCUT2D eigenvalue weighted by molar-refractivity contribution is -0.143. The molecular weight excluding hydrogens is 222 g/mol. The van der Waals surface area contributed by atoms with Crippen molar-refractivity contribution < 1.29 is 19.1 Å². The Balaban J connectivity index is 4.64. The SMILES string of the molecule is CCC(C)[C@@](C)(CC=O)C(=O)NCC(=O)OC. The molecule has 1 N–H and O–H groups in total. The van der Waals surface area contributed by atoms with Crippen molar-refractivity contribution >= 4 is 18.2 Å². The van der Waals surface area contributed by atoms with Crippen LogP contribution in [0.4, 0.5) is 0 Å². The molecule has 98 valence electrons. The minimum atomic E-state index is -0.773. The van der Waals surface area contributed by atoms with Crippen LogP contribution in [0.2, 0.25) is 0 Å². The fourth-order valence-corrected chi connectivity index (χ4v) is 1.57. The average molecular weight is 243 g/mol. The van der Waals surface area contributed by atoms with E-state index >= 15 is 0 Å². The van der Waals surface area contributed by atoms with Crippen LogP contribution in [0.15, 0.2) is 0 Å². The van der Waals surface area contributed by atoms with E-state index in [2.05, 4.69) is 10.1 Å². The van der Waals surface area contributed by atoms with E-state index in [1.54, 1.807) is 6.92 Å². The van der Waals surface area contributed by atoms with Gasteiger partial charge in [-0.1, -0.05) is 27.2 Å². The second-order valence-electron chi connectivity index (χ2n) is 4.36. The molecule has 0 aromatic rings. The maximum Gasteiger partial charge on any atom is 0.325 e. The number of esters is 1. The van der Waals surface area contributed by atoms with Gasteiger partial charge in [0.25, 0.3) is 0 Å². The van der Waals surface area contributed by atoms with Gasteiger partial charge in [0.2, 0.25) is 5.91 Å². The lowest BCUT2D eigenvalue weighted by atomic mass is 9.73. The van der Waals surface area contributed by atoms with E-state index in [-0.39, 0.29) is 24.8 Å². The molecular formula is C12H21NO4. The van der Waals surface area contributed by atoms with Crippen molar-refractivity contribution in [2.45, 2.75) is 33.6 Å². The first-order valence-electron chi connectivity index (χ1n) is 5.71. The van der Waals surface area contributed by atoms with Crippen molar-refractivity contribution in [1.29, 1.82) is 0 Å². The summed E-state index contributed by atoms with van der Waals surface area (Å²) < 4.78 is 4.44. The maximum absolute atomic E-state index is 12.0. The number of amides is 1. The van der Waals surface area contributed by atoms with Gasteiger partial charge in [0.1, 0.15) is 12.8 Å². The zero-order chi connectivity index (χ0) is 13.5. The molecule has 1 unspecified atom stereocenters. The summed E-state index contributed by atoms with van der Waals surface area (Å²) in [5, 5.41) is 2.50. The lowest BCUT2D eigenvalue weighted by Gasteiger charge is -2.32. The van der Waals surface area contributed by atoms with Gasteiger partial charge in [-0.25, -0.2) is 0 Å². The van der Waals surface area contributed by atoms with E-state index in [9.17, 15) is 14.4 Å². The second-order valence-corrected chi connectivity index (χ2v) is 4.36. The number of hydrogen-bond donors (Lipinski definition) is 1. The molecule has 2 atom stereocenters. The summed E-state index contributed by atoms with van der Waals surface area (Å²) in [7, 11) is 1.26. The Kier molecular flexibility index (Phi) is 6.46. The molecule has 0 spiro atoms. The van der Waals surface area contributed by atoms with Gasteiger partial charge in [-0.05, 0) is 5.92 Å². The van der Waals surface area contributed by atoms with Crippen molar-refractivity contribution in [3.63, 3.8) is 0 Å². The van der Waals surface area contributed by atoms with Gasteiger partial charge in [0.05, 0.1) is 12.5 Å². The number of nitrogens with one attached hydrogen (secondary N) is 1. The van der Waals surface area contributed by atoms with E-state index in [0.29, 0.717) is 0 Å². The van der Waals surface area contributed by atoms with Crippen LogP contribution in [-0.2, 0) is 19.1 Å². The van der Waals surface area contributed by atoms with E-state index < -0.39 is 11.4 Å². The number of aldehydes is 1. The molecule has 1 amide bonds. The molecule has 0 aliphatic rings. The Bertz CT molecular complexity index is 290. The zero-order valence-corrected chi connectivity index (χ0v) is 10.9. The molecule has 0 heterocycles. The van der Waals surface area contributed by atoms with Crippen molar-refractivity contribution in [2.24, 2.45) is 11.3 Å². The molecule has 17 heavy (non-hydrogen) atoms. The van der Waals surface area contributed by atoms with E-state index in [4.69, 9.17) is 0 Å². The first-order valence-corrected chi connectivity index (χ1v) is 5.71. The quantitative estimate of drug-likeness (QED) is 0.533. The molecule has 0 fully saturated rings. The van der Waals surface area contributed by atoms with Gasteiger partial charge in [-0.2, -0.15) is 0 Å². The third kappa shape index (κ3) is 4.17. The van der Waals surface area contributed by atoms with Crippen molar-refractivity contribution in [3.05, 3.63) is 0 Å². The topological polar surface area (TPSA) is 72.5 Å². The Morgan fingerprint density at radius 1 is 1.47 bits per heavy atom. The fraction of sp³-hybridized carbons (Fsp3) is 0.750.